The molecule has 3 rings (SSSR count). The maximum atomic E-state index is 12.4. The van der Waals surface area contributed by atoms with Gasteiger partial charge in [0.25, 0.3) is 5.91 Å². The fourth-order valence-electron chi connectivity index (χ4n) is 2.63. The van der Waals surface area contributed by atoms with Crippen LogP contribution < -0.4 is 10.1 Å². The Morgan fingerprint density at radius 2 is 2.04 bits per heavy atom. The second-order valence-electron chi connectivity index (χ2n) is 5.55. The van der Waals surface area contributed by atoms with Crippen molar-refractivity contribution in [3.8, 4) is 5.75 Å². The van der Waals surface area contributed by atoms with Crippen LogP contribution in [0.15, 0.2) is 24.3 Å². The quantitative estimate of drug-likeness (QED) is 0.839. The number of carbonyl (C=O) groups is 2. The SMILES string of the molecule is O=C(O)COc1ccc(NC(=O)c2cc3c(s2)CCCC3)cc1Cl. The van der Waals surface area contributed by atoms with Crippen LogP contribution in [0.3, 0.4) is 0 Å². The van der Waals surface area contributed by atoms with Gasteiger partial charge in [-0.2, -0.15) is 0 Å². The number of aliphatic carboxylic acids is 1. The Labute approximate surface area is 148 Å². The third-order valence-corrected chi connectivity index (χ3v) is 5.29. The molecule has 24 heavy (non-hydrogen) atoms. The van der Waals surface area contributed by atoms with E-state index in [0.717, 1.165) is 12.8 Å². The lowest BCUT2D eigenvalue weighted by Crippen LogP contribution is -2.11. The molecule has 1 aliphatic carbocycles. The van der Waals surface area contributed by atoms with Gasteiger partial charge in [-0.15, -0.1) is 11.3 Å². The molecule has 1 aliphatic rings. The Balaban J connectivity index is 1.69. The highest BCUT2D eigenvalue weighted by molar-refractivity contribution is 7.14. The first-order valence-corrected chi connectivity index (χ1v) is 8.79. The van der Waals surface area contributed by atoms with Crippen molar-refractivity contribution in [3.05, 3.63) is 44.6 Å². The van der Waals surface area contributed by atoms with Crippen LogP contribution >= 0.6 is 22.9 Å². The van der Waals surface area contributed by atoms with Crippen LogP contribution in [0.25, 0.3) is 0 Å². The summed E-state index contributed by atoms with van der Waals surface area (Å²) in [5, 5.41) is 11.7. The number of thiophene rings is 1. The lowest BCUT2D eigenvalue weighted by molar-refractivity contribution is -0.139. The molecule has 7 heteroatoms. The Morgan fingerprint density at radius 3 is 2.75 bits per heavy atom. The van der Waals surface area contributed by atoms with Crippen molar-refractivity contribution in [2.45, 2.75) is 25.7 Å². The second-order valence-corrected chi connectivity index (χ2v) is 7.09. The van der Waals surface area contributed by atoms with Crippen molar-refractivity contribution < 1.29 is 19.4 Å². The van der Waals surface area contributed by atoms with E-state index in [2.05, 4.69) is 5.32 Å². The molecule has 0 radical (unpaired) electrons. The van der Waals surface area contributed by atoms with E-state index in [1.165, 1.54) is 23.3 Å². The number of carbonyl (C=O) groups excluding carboxylic acids is 1. The molecule has 126 valence electrons. The Kier molecular flexibility index (Phi) is 5.06. The predicted octanol–water partition coefficient (Wildman–Crippen LogP) is 4.00. The minimum absolute atomic E-state index is 0.162. The molecule has 0 saturated carbocycles. The highest BCUT2D eigenvalue weighted by Crippen LogP contribution is 2.31. The third kappa shape index (κ3) is 3.88. The Hall–Kier alpha value is -2.05. The first-order chi connectivity index (χ1) is 11.5. The van der Waals surface area contributed by atoms with E-state index in [-0.39, 0.29) is 16.7 Å². The number of benzene rings is 1. The minimum atomic E-state index is -1.08. The zero-order valence-corrected chi connectivity index (χ0v) is 14.4. The van der Waals surface area contributed by atoms with Gasteiger partial charge in [-0.1, -0.05) is 11.6 Å². The van der Waals surface area contributed by atoms with Gasteiger partial charge in [-0.05, 0) is 55.5 Å². The summed E-state index contributed by atoms with van der Waals surface area (Å²) < 4.78 is 5.06. The molecule has 2 N–H and O–H groups in total. The number of ether oxygens (including phenoxy) is 1. The molecular weight excluding hydrogens is 350 g/mol. The number of anilines is 1. The van der Waals surface area contributed by atoms with Crippen molar-refractivity contribution in [2.75, 3.05) is 11.9 Å². The van der Waals surface area contributed by atoms with Gasteiger partial charge in [0.05, 0.1) is 9.90 Å². The van der Waals surface area contributed by atoms with Crippen LogP contribution in [0, 0.1) is 0 Å². The number of hydrogen-bond acceptors (Lipinski definition) is 4. The lowest BCUT2D eigenvalue weighted by atomic mass is 9.99. The highest BCUT2D eigenvalue weighted by Gasteiger charge is 2.17. The van der Waals surface area contributed by atoms with E-state index in [0.29, 0.717) is 10.6 Å². The minimum Gasteiger partial charge on any atom is -0.480 e. The molecule has 0 unspecified atom stereocenters. The number of hydrogen-bond donors (Lipinski definition) is 2. The lowest BCUT2D eigenvalue weighted by Gasteiger charge is -2.08. The number of carboxylic acid groups (broad SMARTS) is 1. The molecule has 0 saturated heterocycles. The summed E-state index contributed by atoms with van der Waals surface area (Å²) >= 11 is 7.60. The fraction of sp³-hybridized carbons (Fsp3) is 0.294. The van der Waals surface area contributed by atoms with Gasteiger partial charge in [0, 0.05) is 10.6 Å². The number of aryl methyl sites for hydroxylation is 2. The Bertz CT molecular complexity index is 763. The summed E-state index contributed by atoms with van der Waals surface area (Å²) in [6, 6.07) is 6.69. The summed E-state index contributed by atoms with van der Waals surface area (Å²) in [6.45, 7) is -0.466. The van der Waals surface area contributed by atoms with E-state index in [1.807, 2.05) is 6.07 Å². The molecule has 0 spiro atoms. The third-order valence-electron chi connectivity index (χ3n) is 3.76. The van der Waals surface area contributed by atoms with Crippen LogP contribution in [-0.2, 0) is 17.6 Å². The molecule has 1 aromatic carbocycles. The largest absolute Gasteiger partial charge is 0.480 e. The standard InChI is InChI=1S/C17H16ClNO4S/c18-12-8-11(5-6-13(12)23-9-16(20)21)19-17(22)15-7-10-3-1-2-4-14(10)24-15/h5-8H,1-4,9H2,(H,19,22)(H,20,21). The van der Waals surface area contributed by atoms with Crippen molar-refractivity contribution in [1.82, 2.24) is 0 Å². The molecule has 1 amide bonds. The van der Waals surface area contributed by atoms with Gasteiger partial charge in [0.1, 0.15) is 5.75 Å². The molecule has 2 aromatic rings. The number of halogens is 1. The van der Waals surface area contributed by atoms with Crippen LogP contribution in [-0.4, -0.2) is 23.6 Å². The van der Waals surface area contributed by atoms with Crippen molar-refractivity contribution in [1.29, 1.82) is 0 Å². The number of nitrogens with one attached hydrogen (secondary N) is 1. The summed E-state index contributed by atoms with van der Waals surface area (Å²) in [5.41, 5.74) is 1.82. The van der Waals surface area contributed by atoms with Crippen LogP contribution in [0.5, 0.6) is 5.75 Å². The molecular formula is C17H16ClNO4S. The molecule has 0 atom stereocenters. The van der Waals surface area contributed by atoms with Crippen LogP contribution in [0.2, 0.25) is 5.02 Å². The van der Waals surface area contributed by atoms with E-state index in [1.54, 1.807) is 29.5 Å². The molecule has 0 bridgehead atoms. The summed E-state index contributed by atoms with van der Waals surface area (Å²) in [6.07, 6.45) is 4.45. The van der Waals surface area contributed by atoms with Crippen molar-refractivity contribution in [3.63, 3.8) is 0 Å². The number of fused-ring (bicyclic) bond motifs is 1. The smallest absolute Gasteiger partial charge is 0.341 e. The number of rotatable bonds is 5. The van der Waals surface area contributed by atoms with E-state index in [4.69, 9.17) is 21.4 Å². The molecule has 1 aromatic heterocycles. The van der Waals surface area contributed by atoms with Crippen LogP contribution in [0.1, 0.15) is 33.0 Å². The summed E-state index contributed by atoms with van der Waals surface area (Å²) in [5.74, 6) is -0.974. The average Bonchev–Trinajstić information content (AvgIpc) is 2.98. The molecule has 0 aliphatic heterocycles. The van der Waals surface area contributed by atoms with E-state index in [9.17, 15) is 9.59 Å². The van der Waals surface area contributed by atoms with Gasteiger partial charge < -0.3 is 15.2 Å². The Morgan fingerprint density at radius 1 is 1.25 bits per heavy atom. The zero-order chi connectivity index (χ0) is 17.1. The molecule has 1 heterocycles. The van der Waals surface area contributed by atoms with E-state index < -0.39 is 12.6 Å². The number of carboxylic acids is 1. The van der Waals surface area contributed by atoms with Gasteiger partial charge >= 0.3 is 5.97 Å². The van der Waals surface area contributed by atoms with Gasteiger partial charge in [-0.3, -0.25) is 4.79 Å². The van der Waals surface area contributed by atoms with Crippen molar-refractivity contribution in [2.24, 2.45) is 0 Å². The first-order valence-electron chi connectivity index (χ1n) is 7.60. The average molecular weight is 366 g/mol. The van der Waals surface area contributed by atoms with Gasteiger partial charge in [0.15, 0.2) is 6.61 Å². The van der Waals surface area contributed by atoms with Crippen LogP contribution in [0.4, 0.5) is 5.69 Å². The number of amides is 1. The zero-order valence-electron chi connectivity index (χ0n) is 12.8. The molecule has 0 fully saturated rings. The first kappa shape index (κ1) is 16.8. The van der Waals surface area contributed by atoms with Gasteiger partial charge in [0.2, 0.25) is 0 Å². The monoisotopic (exact) mass is 365 g/mol. The topological polar surface area (TPSA) is 75.6 Å². The van der Waals surface area contributed by atoms with Crippen molar-refractivity contribution >= 4 is 40.5 Å². The second kappa shape index (κ2) is 7.23. The molecule has 5 nitrogen and oxygen atoms in total. The maximum Gasteiger partial charge on any atom is 0.341 e. The summed E-state index contributed by atoms with van der Waals surface area (Å²) in [7, 11) is 0. The normalized spacial score (nSPS) is 13.2. The maximum absolute atomic E-state index is 12.4. The van der Waals surface area contributed by atoms with Gasteiger partial charge in [-0.25, -0.2) is 4.79 Å². The fourth-order valence-corrected chi connectivity index (χ4v) is 4.01. The highest BCUT2D eigenvalue weighted by atomic mass is 35.5. The predicted molar refractivity (Wildman–Crippen MR) is 93.5 cm³/mol. The van der Waals surface area contributed by atoms with E-state index >= 15 is 0 Å². The summed E-state index contributed by atoms with van der Waals surface area (Å²) in [4.78, 5) is 24.9.